The van der Waals surface area contributed by atoms with Gasteiger partial charge in [0.15, 0.2) is 0 Å². The number of nitrogens with one attached hydrogen (secondary N) is 1. The lowest BCUT2D eigenvalue weighted by Crippen LogP contribution is -2.31. The van der Waals surface area contributed by atoms with Crippen LogP contribution in [0.5, 0.6) is 5.75 Å². The first kappa shape index (κ1) is 20.6. The van der Waals surface area contributed by atoms with E-state index in [4.69, 9.17) is 4.74 Å². The summed E-state index contributed by atoms with van der Waals surface area (Å²) < 4.78 is 6.64. The van der Waals surface area contributed by atoms with Crippen molar-refractivity contribution in [1.29, 1.82) is 0 Å². The van der Waals surface area contributed by atoms with Gasteiger partial charge in [-0.15, -0.1) is 0 Å². The first-order valence-electron chi connectivity index (χ1n) is 10.0. The maximum Gasteiger partial charge on any atom is 0.273 e. The van der Waals surface area contributed by atoms with E-state index < -0.39 is 0 Å². The van der Waals surface area contributed by atoms with Crippen molar-refractivity contribution in [2.24, 2.45) is 0 Å². The van der Waals surface area contributed by atoms with Crippen molar-refractivity contribution < 1.29 is 14.6 Å². The van der Waals surface area contributed by atoms with Gasteiger partial charge in [0.25, 0.3) is 5.91 Å². The molecule has 0 fully saturated rings. The van der Waals surface area contributed by atoms with Crippen LogP contribution < -0.4 is 0 Å². The summed E-state index contributed by atoms with van der Waals surface area (Å²) in [5, 5.41) is 17.7. The molecule has 3 aromatic rings. The largest absolute Gasteiger partial charge is 0.507 e. The number of aromatic nitrogens is 2. The molecular formula is C23H24BrN3O3. The number of aromatic amines is 1. The van der Waals surface area contributed by atoms with Crippen LogP contribution in [0.2, 0.25) is 0 Å². The molecule has 1 aliphatic heterocycles. The van der Waals surface area contributed by atoms with Crippen molar-refractivity contribution in [3.63, 3.8) is 0 Å². The Hall–Kier alpha value is -2.64. The Morgan fingerprint density at radius 2 is 1.93 bits per heavy atom. The van der Waals surface area contributed by atoms with Crippen molar-refractivity contribution in [2.75, 3.05) is 13.2 Å². The second kappa shape index (κ2) is 8.62. The number of carbonyl (C=O) groups is 1. The van der Waals surface area contributed by atoms with E-state index in [1.54, 1.807) is 12.1 Å². The maximum absolute atomic E-state index is 13.2. The van der Waals surface area contributed by atoms with Gasteiger partial charge in [0.1, 0.15) is 17.1 Å². The first-order valence-corrected chi connectivity index (χ1v) is 10.8. The summed E-state index contributed by atoms with van der Waals surface area (Å²) >= 11 is 3.48. The van der Waals surface area contributed by atoms with Crippen molar-refractivity contribution >= 4 is 21.8 Å². The fourth-order valence-corrected chi connectivity index (χ4v) is 4.12. The molecule has 1 atom stereocenters. The lowest BCUT2D eigenvalue weighted by molar-refractivity contribution is 0.0601. The van der Waals surface area contributed by atoms with Gasteiger partial charge in [-0.2, -0.15) is 5.10 Å². The third-order valence-corrected chi connectivity index (χ3v) is 5.73. The zero-order chi connectivity index (χ0) is 21.3. The van der Waals surface area contributed by atoms with Gasteiger partial charge in [0.05, 0.1) is 12.1 Å². The fourth-order valence-electron chi connectivity index (χ4n) is 3.85. The highest BCUT2D eigenvalue weighted by Gasteiger charge is 2.42. The number of rotatable bonds is 7. The molecule has 156 valence electrons. The highest BCUT2D eigenvalue weighted by Crippen LogP contribution is 2.44. The highest BCUT2D eigenvalue weighted by molar-refractivity contribution is 9.10. The van der Waals surface area contributed by atoms with Crippen LogP contribution in [0.3, 0.4) is 0 Å². The van der Waals surface area contributed by atoms with Gasteiger partial charge in [0.2, 0.25) is 0 Å². The summed E-state index contributed by atoms with van der Waals surface area (Å²) in [4.78, 5) is 15.1. The quantitative estimate of drug-likeness (QED) is 0.482. The summed E-state index contributed by atoms with van der Waals surface area (Å²) in [7, 11) is 0. The zero-order valence-electron chi connectivity index (χ0n) is 16.9. The number of phenolic OH excluding ortho intramolecular Hbond substituents is 1. The van der Waals surface area contributed by atoms with Crippen molar-refractivity contribution in [2.45, 2.75) is 32.4 Å². The zero-order valence-corrected chi connectivity index (χ0v) is 18.5. The molecular weight excluding hydrogens is 446 g/mol. The number of hydrogen-bond donors (Lipinski definition) is 2. The number of benzene rings is 2. The minimum atomic E-state index is -0.284. The third kappa shape index (κ3) is 3.87. The number of fused-ring (bicyclic) bond motifs is 1. The standard InChI is InChI=1S/C23H24BrN3O3/c1-14(2)30-13-5-12-27-22(15-8-10-16(24)11-9-15)19-20(25-26-21(19)23(27)29)17-6-3-4-7-18(17)28/h3-4,6-11,14,22,28H,5,12-13H2,1-2H3,(H,25,26)/t22-/m1/s1. The molecule has 0 spiro atoms. The van der Waals surface area contributed by atoms with E-state index in [9.17, 15) is 9.90 Å². The molecule has 0 unspecified atom stereocenters. The van der Waals surface area contributed by atoms with E-state index in [1.807, 2.05) is 55.1 Å². The first-order chi connectivity index (χ1) is 14.5. The predicted octanol–water partition coefficient (Wildman–Crippen LogP) is 4.91. The number of hydrogen-bond acceptors (Lipinski definition) is 4. The Bertz CT molecular complexity index is 1050. The Morgan fingerprint density at radius 3 is 2.63 bits per heavy atom. The molecule has 1 amide bonds. The smallest absolute Gasteiger partial charge is 0.273 e. The van der Waals surface area contributed by atoms with Gasteiger partial charge < -0.3 is 14.7 Å². The summed E-state index contributed by atoms with van der Waals surface area (Å²) in [6.45, 7) is 5.16. The van der Waals surface area contributed by atoms with Crippen LogP contribution in [0.1, 0.15) is 47.9 Å². The van der Waals surface area contributed by atoms with E-state index in [1.165, 1.54) is 0 Å². The van der Waals surface area contributed by atoms with Crippen LogP contribution in [-0.2, 0) is 4.74 Å². The minimum Gasteiger partial charge on any atom is -0.507 e. The highest BCUT2D eigenvalue weighted by atomic mass is 79.9. The molecule has 0 saturated heterocycles. The molecule has 0 radical (unpaired) electrons. The molecule has 4 rings (SSSR count). The van der Waals surface area contributed by atoms with Crippen LogP contribution >= 0.6 is 15.9 Å². The molecule has 0 saturated carbocycles. The molecule has 0 bridgehead atoms. The van der Waals surface area contributed by atoms with Gasteiger partial charge in [-0.3, -0.25) is 9.89 Å². The average molecular weight is 470 g/mol. The molecule has 0 aliphatic carbocycles. The minimum absolute atomic E-state index is 0.0864. The number of ether oxygens (including phenoxy) is 1. The number of para-hydroxylation sites is 1. The molecule has 1 aromatic heterocycles. The molecule has 2 N–H and O–H groups in total. The number of amides is 1. The van der Waals surface area contributed by atoms with E-state index in [0.29, 0.717) is 30.1 Å². The fraction of sp³-hybridized carbons (Fsp3) is 0.304. The summed E-state index contributed by atoms with van der Waals surface area (Å²) in [5.74, 6) is 0.0502. The summed E-state index contributed by atoms with van der Waals surface area (Å²) in [6, 6.07) is 14.7. The van der Waals surface area contributed by atoms with Crippen molar-refractivity contribution in [3.05, 3.63) is 69.8 Å². The Labute approximate surface area is 184 Å². The molecule has 2 aromatic carbocycles. The van der Waals surface area contributed by atoms with E-state index >= 15 is 0 Å². The van der Waals surface area contributed by atoms with E-state index in [-0.39, 0.29) is 23.8 Å². The van der Waals surface area contributed by atoms with Crippen LogP contribution in [0.25, 0.3) is 11.3 Å². The number of carbonyl (C=O) groups excluding carboxylic acids is 1. The Kier molecular flexibility index (Phi) is 5.92. The number of H-pyrrole nitrogens is 1. The van der Waals surface area contributed by atoms with Gasteiger partial charge in [-0.1, -0.05) is 40.2 Å². The summed E-state index contributed by atoms with van der Waals surface area (Å²) in [6.07, 6.45) is 0.895. The van der Waals surface area contributed by atoms with Gasteiger partial charge in [-0.25, -0.2) is 0 Å². The molecule has 7 heteroatoms. The lowest BCUT2D eigenvalue weighted by Gasteiger charge is -2.26. The predicted molar refractivity (Wildman–Crippen MR) is 118 cm³/mol. The van der Waals surface area contributed by atoms with Crippen molar-refractivity contribution in [3.8, 4) is 17.0 Å². The second-order valence-corrected chi connectivity index (χ2v) is 8.52. The van der Waals surface area contributed by atoms with Gasteiger partial charge in [0, 0.05) is 28.8 Å². The normalized spacial score (nSPS) is 15.8. The molecule has 6 nitrogen and oxygen atoms in total. The summed E-state index contributed by atoms with van der Waals surface area (Å²) in [5.41, 5.74) is 3.48. The number of halogens is 1. The van der Waals surface area contributed by atoms with Gasteiger partial charge >= 0.3 is 0 Å². The SMILES string of the molecule is CC(C)OCCCN1C(=O)c2[nH]nc(-c3ccccc3O)c2[C@H]1c1ccc(Br)cc1. The molecule has 2 heterocycles. The Morgan fingerprint density at radius 1 is 1.20 bits per heavy atom. The number of aromatic hydroxyl groups is 1. The maximum atomic E-state index is 13.2. The number of nitrogens with zero attached hydrogens (tertiary/aromatic N) is 2. The van der Waals surface area contributed by atoms with Crippen LogP contribution in [0.4, 0.5) is 0 Å². The molecule has 1 aliphatic rings. The van der Waals surface area contributed by atoms with Crippen LogP contribution in [0.15, 0.2) is 53.0 Å². The van der Waals surface area contributed by atoms with E-state index in [0.717, 1.165) is 22.0 Å². The third-order valence-electron chi connectivity index (χ3n) is 5.20. The van der Waals surface area contributed by atoms with Gasteiger partial charge in [-0.05, 0) is 50.1 Å². The Balaban J connectivity index is 1.74. The lowest BCUT2D eigenvalue weighted by atomic mass is 9.96. The van der Waals surface area contributed by atoms with Crippen LogP contribution in [0, 0.1) is 0 Å². The topological polar surface area (TPSA) is 78.5 Å². The second-order valence-electron chi connectivity index (χ2n) is 7.60. The molecule has 30 heavy (non-hydrogen) atoms. The monoisotopic (exact) mass is 469 g/mol. The average Bonchev–Trinajstić information content (AvgIpc) is 3.26. The van der Waals surface area contributed by atoms with Crippen LogP contribution in [-0.4, -0.2) is 45.4 Å². The number of phenols is 1. The van der Waals surface area contributed by atoms with Crippen molar-refractivity contribution in [1.82, 2.24) is 15.1 Å². The van der Waals surface area contributed by atoms with E-state index in [2.05, 4.69) is 26.1 Å².